The normalized spacial score (nSPS) is 10.2. The number of rotatable bonds is 3. The van der Waals surface area contributed by atoms with Crippen molar-refractivity contribution in [3.63, 3.8) is 0 Å². The Morgan fingerprint density at radius 1 is 1.16 bits per heavy atom. The zero-order valence-corrected chi connectivity index (χ0v) is 11.6. The molecule has 0 radical (unpaired) electrons. The van der Waals surface area contributed by atoms with Gasteiger partial charge in [-0.3, -0.25) is 4.79 Å². The molecule has 4 heteroatoms. The van der Waals surface area contributed by atoms with Gasteiger partial charge in [0.1, 0.15) is 5.75 Å². The first-order valence-corrected chi connectivity index (χ1v) is 6.71. The number of carbonyl (C=O) groups excluding carboxylic acids is 1. The Hall–Kier alpha value is -1.94. The van der Waals surface area contributed by atoms with Crippen LogP contribution in [0, 0.1) is 6.92 Å². The molecule has 0 heterocycles. The van der Waals surface area contributed by atoms with Crippen LogP contribution in [0.25, 0.3) is 0 Å². The van der Waals surface area contributed by atoms with Gasteiger partial charge in [0, 0.05) is 17.5 Å². The first-order valence-electron chi connectivity index (χ1n) is 5.90. The molecule has 1 amide bonds. The maximum absolute atomic E-state index is 11.0. The summed E-state index contributed by atoms with van der Waals surface area (Å²) in [6, 6.07) is 13.1. The summed E-state index contributed by atoms with van der Waals surface area (Å²) >= 11 is 1.46. The zero-order valence-electron chi connectivity index (χ0n) is 10.8. The topological polar surface area (TPSA) is 49.3 Å². The van der Waals surface area contributed by atoms with E-state index in [4.69, 9.17) is 0 Å². The summed E-state index contributed by atoms with van der Waals surface area (Å²) in [5, 5.41) is 12.6. The van der Waals surface area contributed by atoms with E-state index in [9.17, 15) is 9.90 Å². The second-order valence-corrected chi connectivity index (χ2v) is 5.39. The maximum Gasteiger partial charge on any atom is 0.221 e. The Balaban J connectivity index is 2.23. The maximum atomic E-state index is 11.0. The molecule has 0 saturated heterocycles. The van der Waals surface area contributed by atoms with Crippen LogP contribution in [0.5, 0.6) is 5.75 Å². The van der Waals surface area contributed by atoms with Gasteiger partial charge in [-0.1, -0.05) is 29.5 Å². The van der Waals surface area contributed by atoms with Gasteiger partial charge in [0.25, 0.3) is 0 Å². The largest absolute Gasteiger partial charge is 0.507 e. The Kier molecular flexibility index (Phi) is 4.12. The fraction of sp³-hybridized carbons (Fsp3) is 0.133. The molecule has 0 aliphatic rings. The van der Waals surface area contributed by atoms with E-state index in [1.807, 2.05) is 31.2 Å². The number of amides is 1. The number of anilines is 1. The molecule has 2 aromatic rings. The van der Waals surface area contributed by atoms with Crippen LogP contribution in [0.4, 0.5) is 5.69 Å². The Bertz CT molecular complexity index is 594. The molecule has 0 aliphatic heterocycles. The van der Waals surface area contributed by atoms with Crippen LogP contribution in [-0.4, -0.2) is 11.0 Å². The van der Waals surface area contributed by atoms with Crippen molar-refractivity contribution < 1.29 is 9.90 Å². The highest BCUT2D eigenvalue weighted by atomic mass is 32.2. The summed E-state index contributed by atoms with van der Waals surface area (Å²) in [5.74, 6) is 0.0802. The van der Waals surface area contributed by atoms with Crippen molar-refractivity contribution in [2.45, 2.75) is 23.6 Å². The second kappa shape index (κ2) is 5.80. The standard InChI is InChI=1S/C15H15NO2S/c1-10-3-6-13(7-4-10)19-15-9-12(16-11(2)17)5-8-14(15)18/h3-9,18H,1-2H3,(H,16,17). The average molecular weight is 273 g/mol. The SMILES string of the molecule is CC(=O)Nc1ccc(O)c(Sc2ccc(C)cc2)c1. The van der Waals surface area contributed by atoms with E-state index in [1.54, 1.807) is 18.2 Å². The number of hydrogen-bond acceptors (Lipinski definition) is 3. The summed E-state index contributed by atoms with van der Waals surface area (Å²) in [5.41, 5.74) is 1.88. The predicted molar refractivity (Wildman–Crippen MR) is 77.7 cm³/mol. The van der Waals surface area contributed by atoms with E-state index < -0.39 is 0 Å². The van der Waals surface area contributed by atoms with Gasteiger partial charge in [-0.05, 0) is 37.3 Å². The highest BCUT2D eigenvalue weighted by molar-refractivity contribution is 7.99. The molecular formula is C15H15NO2S. The molecule has 0 bridgehead atoms. The zero-order chi connectivity index (χ0) is 13.8. The van der Waals surface area contributed by atoms with Crippen LogP contribution < -0.4 is 5.32 Å². The molecule has 2 rings (SSSR count). The molecule has 2 aromatic carbocycles. The van der Waals surface area contributed by atoms with Gasteiger partial charge >= 0.3 is 0 Å². The number of aryl methyl sites for hydroxylation is 1. The molecule has 0 saturated carbocycles. The summed E-state index contributed by atoms with van der Waals surface area (Å²) in [7, 11) is 0. The summed E-state index contributed by atoms with van der Waals surface area (Å²) in [6.07, 6.45) is 0. The first-order chi connectivity index (χ1) is 9.04. The number of hydrogen-bond donors (Lipinski definition) is 2. The summed E-state index contributed by atoms with van der Waals surface area (Å²) in [4.78, 5) is 12.8. The lowest BCUT2D eigenvalue weighted by Gasteiger charge is -2.08. The van der Waals surface area contributed by atoms with E-state index in [0.29, 0.717) is 5.69 Å². The highest BCUT2D eigenvalue weighted by Crippen LogP contribution is 2.36. The monoisotopic (exact) mass is 273 g/mol. The molecule has 98 valence electrons. The Morgan fingerprint density at radius 2 is 1.84 bits per heavy atom. The van der Waals surface area contributed by atoms with Gasteiger partial charge in [0.2, 0.25) is 5.91 Å². The minimum absolute atomic E-state index is 0.128. The van der Waals surface area contributed by atoms with E-state index in [0.717, 1.165) is 9.79 Å². The van der Waals surface area contributed by atoms with Crippen molar-refractivity contribution in [3.8, 4) is 5.75 Å². The van der Waals surface area contributed by atoms with Crippen LogP contribution in [0.3, 0.4) is 0 Å². The number of nitrogens with one attached hydrogen (secondary N) is 1. The van der Waals surface area contributed by atoms with Gasteiger partial charge in [0.15, 0.2) is 0 Å². The molecule has 0 aliphatic carbocycles. The highest BCUT2D eigenvalue weighted by Gasteiger charge is 2.06. The van der Waals surface area contributed by atoms with E-state index in [2.05, 4.69) is 5.32 Å². The van der Waals surface area contributed by atoms with Crippen LogP contribution >= 0.6 is 11.8 Å². The third kappa shape index (κ3) is 3.76. The smallest absolute Gasteiger partial charge is 0.221 e. The fourth-order valence-corrected chi connectivity index (χ4v) is 2.49. The number of aromatic hydroxyl groups is 1. The van der Waals surface area contributed by atoms with Crippen molar-refractivity contribution in [2.24, 2.45) is 0 Å². The number of phenolic OH excluding ortho intramolecular Hbond substituents is 1. The molecule has 0 atom stereocenters. The number of phenols is 1. The van der Waals surface area contributed by atoms with Gasteiger partial charge < -0.3 is 10.4 Å². The lowest BCUT2D eigenvalue weighted by molar-refractivity contribution is -0.114. The van der Waals surface area contributed by atoms with Gasteiger partial charge in [-0.15, -0.1) is 0 Å². The van der Waals surface area contributed by atoms with Crippen LogP contribution in [0.2, 0.25) is 0 Å². The van der Waals surface area contributed by atoms with E-state index in [-0.39, 0.29) is 11.7 Å². The van der Waals surface area contributed by atoms with Crippen molar-refractivity contribution >= 4 is 23.4 Å². The van der Waals surface area contributed by atoms with Crippen LogP contribution in [0.1, 0.15) is 12.5 Å². The van der Waals surface area contributed by atoms with Crippen molar-refractivity contribution in [3.05, 3.63) is 48.0 Å². The van der Waals surface area contributed by atoms with Gasteiger partial charge in [-0.2, -0.15) is 0 Å². The second-order valence-electron chi connectivity index (χ2n) is 4.28. The molecule has 19 heavy (non-hydrogen) atoms. The van der Waals surface area contributed by atoms with E-state index in [1.165, 1.54) is 24.2 Å². The molecule has 0 spiro atoms. The quantitative estimate of drug-likeness (QED) is 0.836. The number of carbonyl (C=O) groups is 1. The molecule has 2 N–H and O–H groups in total. The predicted octanol–water partition coefficient (Wildman–Crippen LogP) is 3.81. The minimum atomic E-state index is -0.128. The van der Waals surface area contributed by atoms with Crippen LogP contribution in [0.15, 0.2) is 52.3 Å². The molecule has 0 aromatic heterocycles. The number of benzene rings is 2. The Morgan fingerprint density at radius 3 is 2.47 bits per heavy atom. The van der Waals surface area contributed by atoms with Crippen molar-refractivity contribution in [2.75, 3.05) is 5.32 Å². The van der Waals surface area contributed by atoms with Gasteiger partial charge in [-0.25, -0.2) is 0 Å². The molecule has 0 unspecified atom stereocenters. The van der Waals surface area contributed by atoms with Crippen molar-refractivity contribution in [1.82, 2.24) is 0 Å². The van der Waals surface area contributed by atoms with E-state index >= 15 is 0 Å². The fourth-order valence-electron chi connectivity index (χ4n) is 1.61. The third-order valence-corrected chi connectivity index (χ3v) is 3.58. The van der Waals surface area contributed by atoms with Gasteiger partial charge in [0.05, 0.1) is 4.90 Å². The molecular weight excluding hydrogens is 258 g/mol. The van der Waals surface area contributed by atoms with Crippen molar-refractivity contribution in [1.29, 1.82) is 0 Å². The van der Waals surface area contributed by atoms with Crippen LogP contribution in [-0.2, 0) is 4.79 Å². The lowest BCUT2D eigenvalue weighted by atomic mass is 10.2. The Labute approximate surface area is 116 Å². The average Bonchev–Trinajstić information content (AvgIpc) is 2.35. The first kappa shape index (κ1) is 13.5. The minimum Gasteiger partial charge on any atom is -0.507 e. The lowest BCUT2D eigenvalue weighted by Crippen LogP contribution is -2.05. The third-order valence-electron chi connectivity index (χ3n) is 2.53. The summed E-state index contributed by atoms with van der Waals surface area (Å²) in [6.45, 7) is 3.49. The molecule has 0 fully saturated rings. The summed E-state index contributed by atoms with van der Waals surface area (Å²) < 4.78 is 0. The molecule has 3 nitrogen and oxygen atoms in total.